The number of ether oxygens (including phenoxy) is 2. The summed E-state index contributed by atoms with van der Waals surface area (Å²) < 4.78 is 34.4. The Morgan fingerprint density at radius 3 is 2.48 bits per heavy atom. The molecule has 1 aromatic rings. The normalized spacial score (nSPS) is 10.7. The predicted molar refractivity (Wildman–Crippen MR) is 76.6 cm³/mol. The molecule has 0 saturated heterocycles. The van der Waals surface area contributed by atoms with Gasteiger partial charge in [0.2, 0.25) is 0 Å². The van der Waals surface area contributed by atoms with E-state index in [-0.39, 0.29) is 27.7 Å². The second kappa shape index (κ2) is 6.99. The number of sulfone groups is 1. The van der Waals surface area contributed by atoms with E-state index in [1.807, 2.05) is 0 Å². The Bertz CT molecular complexity index is 669. The molecule has 6 nitrogen and oxygen atoms in total. The maximum Gasteiger partial charge on any atom is 0.339 e. The molecular formula is C14H16O6S. The second-order valence-electron chi connectivity index (χ2n) is 4.14. The Balaban J connectivity index is 3.35. The van der Waals surface area contributed by atoms with Gasteiger partial charge >= 0.3 is 5.97 Å². The Morgan fingerprint density at radius 1 is 1.33 bits per heavy atom. The first-order chi connectivity index (χ1) is 9.87. The maximum atomic E-state index is 12.2. The number of benzene rings is 1. The lowest BCUT2D eigenvalue weighted by atomic mass is 10.2. The van der Waals surface area contributed by atoms with Gasteiger partial charge in [0.25, 0.3) is 0 Å². The summed E-state index contributed by atoms with van der Waals surface area (Å²) >= 11 is 0. The van der Waals surface area contributed by atoms with E-state index in [0.29, 0.717) is 12.8 Å². The Morgan fingerprint density at radius 2 is 2.00 bits per heavy atom. The number of hydrogen-bond donors (Lipinski definition) is 1. The molecule has 7 heteroatoms. The summed E-state index contributed by atoms with van der Waals surface area (Å²) in [6.45, 7) is 0. The molecule has 114 valence electrons. The Labute approximate surface area is 123 Å². The van der Waals surface area contributed by atoms with Crippen LogP contribution < -0.4 is 9.47 Å². The fourth-order valence-corrected chi connectivity index (χ4v) is 3.10. The number of carboxylic acids is 1. The summed E-state index contributed by atoms with van der Waals surface area (Å²) in [7, 11) is -1.05. The Hall–Kier alpha value is -2.20. The molecule has 0 unspecified atom stereocenters. The number of terminal acetylenes is 1. The van der Waals surface area contributed by atoms with E-state index in [4.69, 9.17) is 21.0 Å². The molecule has 0 atom stereocenters. The first-order valence-corrected chi connectivity index (χ1v) is 7.68. The van der Waals surface area contributed by atoms with Crippen LogP contribution in [0.1, 0.15) is 23.2 Å². The number of carbonyl (C=O) groups is 1. The minimum Gasteiger partial charge on any atom is -0.493 e. The van der Waals surface area contributed by atoms with Crippen LogP contribution in [-0.4, -0.2) is 39.5 Å². The summed E-state index contributed by atoms with van der Waals surface area (Å²) in [5, 5.41) is 9.16. The molecule has 0 heterocycles. The van der Waals surface area contributed by atoms with Crippen LogP contribution in [0.4, 0.5) is 0 Å². The van der Waals surface area contributed by atoms with Gasteiger partial charge in [-0.05, 0) is 12.5 Å². The molecule has 0 amide bonds. The van der Waals surface area contributed by atoms with Gasteiger partial charge in [-0.1, -0.05) is 0 Å². The first kappa shape index (κ1) is 16.9. The van der Waals surface area contributed by atoms with Crippen molar-refractivity contribution < 1.29 is 27.8 Å². The van der Waals surface area contributed by atoms with Crippen molar-refractivity contribution in [3.63, 3.8) is 0 Å². The topological polar surface area (TPSA) is 89.9 Å². The molecule has 0 aromatic heterocycles. The molecule has 0 radical (unpaired) electrons. The van der Waals surface area contributed by atoms with E-state index in [1.165, 1.54) is 20.3 Å². The van der Waals surface area contributed by atoms with Crippen molar-refractivity contribution in [2.24, 2.45) is 0 Å². The molecule has 0 aliphatic rings. The number of hydrogen-bond acceptors (Lipinski definition) is 5. The van der Waals surface area contributed by atoms with Gasteiger partial charge in [0.05, 0.1) is 24.9 Å². The Kier molecular flexibility index (Phi) is 5.61. The van der Waals surface area contributed by atoms with Crippen molar-refractivity contribution in [2.75, 3.05) is 20.0 Å². The fourth-order valence-electron chi connectivity index (χ4n) is 1.76. The third-order valence-corrected chi connectivity index (χ3v) is 4.56. The van der Waals surface area contributed by atoms with Crippen molar-refractivity contribution in [1.29, 1.82) is 0 Å². The van der Waals surface area contributed by atoms with Crippen LogP contribution in [0.25, 0.3) is 0 Å². The van der Waals surface area contributed by atoms with Gasteiger partial charge in [-0.25, -0.2) is 13.2 Å². The summed E-state index contributed by atoms with van der Waals surface area (Å²) in [5.74, 6) is 0.926. The third kappa shape index (κ3) is 3.89. The predicted octanol–water partition coefficient (Wildman–Crippen LogP) is 1.59. The van der Waals surface area contributed by atoms with Crippen LogP contribution in [0.3, 0.4) is 0 Å². The lowest BCUT2D eigenvalue weighted by molar-refractivity contribution is 0.0692. The molecule has 0 aliphatic carbocycles. The molecule has 0 fully saturated rings. The molecule has 0 bridgehead atoms. The number of rotatable bonds is 7. The monoisotopic (exact) mass is 312 g/mol. The molecule has 21 heavy (non-hydrogen) atoms. The first-order valence-electron chi connectivity index (χ1n) is 6.03. The van der Waals surface area contributed by atoms with Crippen LogP contribution in [-0.2, 0) is 9.84 Å². The standard InChI is InChI=1S/C14H16O6S/c1-4-5-6-7-21(17,18)10-8-11(14(15)16)13(20-3)12(9-10)19-2/h1,8-9H,5-7H2,2-3H3,(H,15,16). The molecule has 0 saturated carbocycles. The highest BCUT2D eigenvalue weighted by Crippen LogP contribution is 2.34. The SMILES string of the molecule is C#CCCCS(=O)(=O)c1cc(OC)c(OC)c(C(=O)O)c1. The number of methoxy groups -OCH3 is 2. The van der Waals surface area contributed by atoms with Gasteiger partial charge in [-0.15, -0.1) is 12.3 Å². The zero-order chi connectivity index (χ0) is 16.0. The zero-order valence-electron chi connectivity index (χ0n) is 11.8. The molecule has 0 spiro atoms. The van der Waals surface area contributed by atoms with Crippen molar-refractivity contribution in [3.05, 3.63) is 17.7 Å². The lowest BCUT2D eigenvalue weighted by Crippen LogP contribution is -2.10. The van der Waals surface area contributed by atoms with Crippen LogP contribution in [0, 0.1) is 12.3 Å². The van der Waals surface area contributed by atoms with Crippen LogP contribution >= 0.6 is 0 Å². The smallest absolute Gasteiger partial charge is 0.339 e. The van der Waals surface area contributed by atoms with Crippen LogP contribution in [0.15, 0.2) is 17.0 Å². The molecule has 1 rings (SSSR count). The molecular weight excluding hydrogens is 296 g/mol. The third-order valence-electron chi connectivity index (χ3n) is 2.78. The van der Waals surface area contributed by atoms with Crippen molar-refractivity contribution in [3.8, 4) is 23.8 Å². The zero-order valence-corrected chi connectivity index (χ0v) is 12.6. The fraction of sp³-hybridized carbons (Fsp3) is 0.357. The van der Waals surface area contributed by atoms with Crippen molar-refractivity contribution in [1.82, 2.24) is 0 Å². The van der Waals surface area contributed by atoms with E-state index in [9.17, 15) is 13.2 Å². The number of carboxylic acid groups (broad SMARTS) is 1. The van der Waals surface area contributed by atoms with Crippen LogP contribution in [0.2, 0.25) is 0 Å². The van der Waals surface area contributed by atoms with E-state index < -0.39 is 15.8 Å². The van der Waals surface area contributed by atoms with Gasteiger partial charge in [0.15, 0.2) is 21.3 Å². The van der Waals surface area contributed by atoms with E-state index >= 15 is 0 Å². The maximum absolute atomic E-state index is 12.2. The largest absolute Gasteiger partial charge is 0.493 e. The highest BCUT2D eigenvalue weighted by Gasteiger charge is 2.23. The summed E-state index contributed by atoms with van der Waals surface area (Å²) in [6.07, 6.45) is 5.72. The summed E-state index contributed by atoms with van der Waals surface area (Å²) in [4.78, 5) is 11.1. The average Bonchev–Trinajstić information content (AvgIpc) is 2.45. The van der Waals surface area contributed by atoms with Crippen molar-refractivity contribution in [2.45, 2.75) is 17.7 Å². The van der Waals surface area contributed by atoms with Crippen molar-refractivity contribution >= 4 is 15.8 Å². The van der Waals surface area contributed by atoms with E-state index in [0.717, 1.165) is 6.07 Å². The quantitative estimate of drug-likeness (QED) is 0.607. The lowest BCUT2D eigenvalue weighted by Gasteiger charge is -2.13. The van der Waals surface area contributed by atoms with Gasteiger partial charge in [-0.2, -0.15) is 0 Å². The highest BCUT2D eigenvalue weighted by molar-refractivity contribution is 7.91. The van der Waals surface area contributed by atoms with Gasteiger partial charge in [0, 0.05) is 12.5 Å². The summed E-state index contributed by atoms with van der Waals surface area (Å²) in [5.41, 5.74) is -0.271. The second-order valence-corrected chi connectivity index (χ2v) is 6.25. The molecule has 1 N–H and O–H groups in total. The summed E-state index contributed by atoms with van der Waals surface area (Å²) in [6, 6.07) is 2.31. The van der Waals surface area contributed by atoms with E-state index in [2.05, 4.69) is 5.92 Å². The van der Waals surface area contributed by atoms with Gasteiger partial charge in [0.1, 0.15) is 5.56 Å². The van der Waals surface area contributed by atoms with Crippen LogP contribution in [0.5, 0.6) is 11.5 Å². The minimum atomic E-state index is -3.64. The molecule has 0 aliphatic heterocycles. The van der Waals surface area contributed by atoms with E-state index in [1.54, 1.807) is 0 Å². The van der Waals surface area contributed by atoms with Gasteiger partial charge in [-0.3, -0.25) is 0 Å². The highest BCUT2D eigenvalue weighted by atomic mass is 32.2. The number of unbranched alkanes of at least 4 members (excludes halogenated alkanes) is 1. The number of aromatic carboxylic acids is 1. The minimum absolute atomic E-state index is 0.0208. The van der Waals surface area contributed by atoms with Gasteiger partial charge < -0.3 is 14.6 Å². The molecule has 1 aromatic carbocycles. The average molecular weight is 312 g/mol.